The van der Waals surface area contributed by atoms with Crippen LogP contribution in [0.25, 0.3) is 5.69 Å². The number of morpholine rings is 1. The fourth-order valence-corrected chi connectivity index (χ4v) is 4.55. The Labute approximate surface area is 207 Å². The summed E-state index contributed by atoms with van der Waals surface area (Å²) >= 11 is 0. The van der Waals surface area contributed by atoms with E-state index < -0.39 is 12.2 Å². The molecule has 4 rings (SSSR count). The van der Waals surface area contributed by atoms with Crippen LogP contribution in [-0.4, -0.2) is 71.7 Å². The summed E-state index contributed by atoms with van der Waals surface area (Å²) < 4.78 is 12.6. The molecule has 190 valence electrons. The molecular weight excluding hydrogens is 446 g/mol. The first-order valence-electron chi connectivity index (χ1n) is 12.5. The van der Waals surface area contributed by atoms with Crippen LogP contribution in [0.15, 0.2) is 30.3 Å². The Bertz CT molecular complexity index is 1020. The Morgan fingerprint density at radius 2 is 2.03 bits per heavy atom. The molecule has 0 radical (unpaired) electrons. The third-order valence-corrected chi connectivity index (χ3v) is 6.62. The van der Waals surface area contributed by atoms with E-state index in [0.717, 1.165) is 49.3 Å². The van der Waals surface area contributed by atoms with Crippen molar-refractivity contribution in [2.75, 3.05) is 26.7 Å². The van der Waals surface area contributed by atoms with E-state index in [0.29, 0.717) is 13.1 Å². The number of ether oxygens (including phenoxy) is 2. The largest absolute Gasteiger partial charge is 0.453 e. The summed E-state index contributed by atoms with van der Waals surface area (Å²) in [6.45, 7) is 7.91. The lowest BCUT2D eigenvalue weighted by Crippen LogP contribution is -2.53. The fraction of sp³-hybridized carbons (Fsp3) is 0.577. The molecule has 1 aliphatic carbocycles. The van der Waals surface area contributed by atoms with Gasteiger partial charge >= 0.3 is 6.09 Å². The molecule has 1 aromatic carbocycles. The lowest BCUT2D eigenvalue weighted by molar-refractivity contribution is -0.152. The van der Waals surface area contributed by atoms with Gasteiger partial charge in [0.15, 0.2) is 0 Å². The summed E-state index contributed by atoms with van der Waals surface area (Å²) in [7, 11) is 1.36. The highest BCUT2D eigenvalue weighted by atomic mass is 16.5. The van der Waals surface area contributed by atoms with Crippen LogP contribution in [0.3, 0.4) is 0 Å². The van der Waals surface area contributed by atoms with Crippen molar-refractivity contribution >= 4 is 12.0 Å². The van der Waals surface area contributed by atoms with Gasteiger partial charge in [-0.15, -0.1) is 0 Å². The van der Waals surface area contributed by atoms with Crippen molar-refractivity contribution in [3.63, 3.8) is 0 Å². The van der Waals surface area contributed by atoms with E-state index in [1.165, 1.54) is 12.7 Å². The molecule has 0 spiro atoms. The minimum atomic E-state index is -0.468. The molecule has 1 saturated heterocycles. The van der Waals surface area contributed by atoms with Crippen molar-refractivity contribution in [1.82, 2.24) is 25.3 Å². The van der Waals surface area contributed by atoms with Crippen LogP contribution in [0.2, 0.25) is 0 Å². The first kappa shape index (κ1) is 25.2. The molecule has 1 saturated carbocycles. The van der Waals surface area contributed by atoms with Gasteiger partial charge in [-0.2, -0.15) is 5.10 Å². The van der Waals surface area contributed by atoms with Gasteiger partial charge in [0.2, 0.25) is 0 Å². The molecule has 2 fully saturated rings. The SMILES string of the molecule is COC(=O)NCCCc1cc([C@@H](C)N(C(=O)[C@H]2CNC[C@@H](C)O2)C2CC2)nn1-c1ccc(C)cc1. The Kier molecular flexibility index (Phi) is 8.07. The number of benzene rings is 1. The van der Waals surface area contributed by atoms with Crippen LogP contribution in [0.4, 0.5) is 4.79 Å². The van der Waals surface area contributed by atoms with Gasteiger partial charge in [-0.25, -0.2) is 9.48 Å². The summed E-state index contributed by atoms with van der Waals surface area (Å²) in [5.74, 6) is 0.0350. The summed E-state index contributed by atoms with van der Waals surface area (Å²) in [5, 5.41) is 11.0. The van der Waals surface area contributed by atoms with Crippen LogP contribution in [0.1, 0.15) is 56.1 Å². The number of carbonyl (C=O) groups is 2. The molecule has 2 aromatic rings. The van der Waals surface area contributed by atoms with E-state index in [-0.39, 0.29) is 24.1 Å². The number of carbonyl (C=O) groups excluding carboxylic acids is 2. The number of nitrogens with zero attached hydrogens (tertiary/aromatic N) is 3. The highest BCUT2D eigenvalue weighted by Crippen LogP contribution is 2.35. The summed E-state index contributed by atoms with van der Waals surface area (Å²) in [6.07, 6.45) is 2.60. The zero-order valence-corrected chi connectivity index (χ0v) is 21.1. The Balaban J connectivity index is 1.56. The number of rotatable bonds is 9. The average molecular weight is 484 g/mol. The molecule has 2 aliphatic rings. The predicted octanol–water partition coefficient (Wildman–Crippen LogP) is 2.90. The minimum Gasteiger partial charge on any atom is -0.453 e. The quantitative estimate of drug-likeness (QED) is 0.533. The number of alkyl carbamates (subject to hydrolysis) is 1. The number of aryl methyl sites for hydroxylation is 2. The van der Waals surface area contributed by atoms with E-state index in [1.807, 2.05) is 16.5 Å². The summed E-state index contributed by atoms with van der Waals surface area (Å²) in [6, 6.07) is 10.4. The average Bonchev–Trinajstić information content (AvgIpc) is 3.60. The lowest BCUT2D eigenvalue weighted by atomic mass is 10.1. The number of aromatic nitrogens is 2. The maximum Gasteiger partial charge on any atom is 0.406 e. The molecule has 2 heterocycles. The molecule has 1 aliphatic heterocycles. The van der Waals surface area contributed by atoms with E-state index in [1.54, 1.807) is 0 Å². The standard InChI is InChI=1S/C26H37N5O4/c1-17-7-9-21(10-8-17)31-22(6-5-13-28-26(33)34-4)14-23(29-31)19(3)30(20-11-12-20)25(32)24-16-27-15-18(2)35-24/h7-10,14,18-20,24,27H,5-6,11-13,15-16H2,1-4H3,(H,28,33)/t18-,19-,24-/m1/s1. The lowest BCUT2D eigenvalue weighted by Gasteiger charge is -2.35. The molecule has 0 bridgehead atoms. The van der Waals surface area contributed by atoms with E-state index in [4.69, 9.17) is 9.84 Å². The van der Waals surface area contributed by atoms with E-state index in [9.17, 15) is 9.59 Å². The molecule has 1 aromatic heterocycles. The van der Waals surface area contributed by atoms with Crippen LogP contribution >= 0.6 is 0 Å². The first-order chi connectivity index (χ1) is 16.9. The number of hydrogen-bond acceptors (Lipinski definition) is 6. The molecular formula is C26H37N5O4. The Morgan fingerprint density at radius 3 is 2.69 bits per heavy atom. The van der Waals surface area contributed by atoms with Crippen molar-refractivity contribution in [2.24, 2.45) is 0 Å². The van der Waals surface area contributed by atoms with Crippen molar-refractivity contribution in [2.45, 2.75) is 70.7 Å². The summed E-state index contributed by atoms with van der Waals surface area (Å²) in [4.78, 5) is 26.9. The monoisotopic (exact) mass is 483 g/mol. The highest BCUT2D eigenvalue weighted by Gasteiger charge is 2.41. The molecule has 2 amide bonds. The topological polar surface area (TPSA) is 97.7 Å². The van der Waals surface area contributed by atoms with Crippen LogP contribution in [-0.2, 0) is 20.7 Å². The highest BCUT2D eigenvalue weighted by molar-refractivity contribution is 5.82. The zero-order valence-electron chi connectivity index (χ0n) is 21.1. The van der Waals surface area contributed by atoms with Crippen LogP contribution in [0, 0.1) is 6.92 Å². The van der Waals surface area contributed by atoms with Gasteiger partial charge in [0.25, 0.3) is 5.91 Å². The van der Waals surface area contributed by atoms with Gasteiger partial charge in [0.05, 0.1) is 30.6 Å². The first-order valence-corrected chi connectivity index (χ1v) is 12.5. The second-order valence-electron chi connectivity index (χ2n) is 9.58. The molecule has 9 nitrogen and oxygen atoms in total. The normalized spacial score (nSPS) is 20.8. The maximum absolute atomic E-state index is 13.5. The molecule has 9 heteroatoms. The third-order valence-electron chi connectivity index (χ3n) is 6.62. The van der Waals surface area contributed by atoms with Crippen molar-refractivity contribution in [3.8, 4) is 5.69 Å². The summed E-state index contributed by atoms with van der Waals surface area (Å²) in [5.41, 5.74) is 4.05. The van der Waals surface area contributed by atoms with Crippen molar-refractivity contribution < 1.29 is 19.1 Å². The van der Waals surface area contributed by atoms with Gasteiger partial charge in [-0.3, -0.25) is 4.79 Å². The number of amides is 2. The molecule has 3 atom stereocenters. The van der Waals surface area contributed by atoms with Gasteiger partial charge in [0, 0.05) is 31.4 Å². The second kappa shape index (κ2) is 11.2. The van der Waals surface area contributed by atoms with Gasteiger partial charge in [0.1, 0.15) is 6.10 Å². The van der Waals surface area contributed by atoms with Gasteiger partial charge in [-0.05, 0) is 64.7 Å². The number of hydrogen-bond donors (Lipinski definition) is 2. The van der Waals surface area contributed by atoms with Crippen molar-refractivity contribution in [1.29, 1.82) is 0 Å². The smallest absolute Gasteiger partial charge is 0.406 e. The van der Waals surface area contributed by atoms with Crippen molar-refractivity contribution in [3.05, 3.63) is 47.3 Å². The molecule has 35 heavy (non-hydrogen) atoms. The Hall–Kier alpha value is -2.91. The van der Waals surface area contributed by atoms with E-state index in [2.05, 4.69) is 59.5 Å². The number of methoxy groups -OCH3 is 1. The fourth-order valence-electron chi connectivity index (χ4n) is 4.55. The van der Waals surface area contributed by atoms with Crippen LogP contribution in [0.5, 0.6) is 0 Å². The minimum absolute atomic E-state index is 0.0139. The number of nitrogens with one attached hydrogen (secondary N) is 2. The van der Waals surface area contributed by atoms with Crippen LogP contribution < -0.4 is 10.6 Å². The van der Waals surface area contributed by atoms with Gasteiger partial charge < -0.3 is 25.0 Å². The Morgan fingerprint density at radius 1 is 1.29 bits per heavy atom. The predicted molar refractivity (Wildman–Crippen MR) is 133 cm³/mol. The maximum atomic E-state index is 13.5. The third kappa shape index (κ3) is 6.21. The zero-order chi connectivity index (χ0) is 24.9. The molecule has 2 N–H and O–H groups in total. The van der Waals surface area contributed by atoms with E-state index >= 15 is 0 Å². The molecule has 0 unspecified atom stereocenters. The van der Waals surface area contributed by atoms with Gasteiger partial charge in [-0.1, -0.05) is 17.7 Å². The second-order valence-corrected chi connectivity index (χ2v) is 9.58.